The first kappa shape index (κ1) is 25.2. The van der Waals surface area contributed by atoms with Crippen molar-refractivity contribution in [2.24, 2.45) is 0 Å². The molecule has 32 heavy (non-hydrogen) atoms. The van der Waals surface area contributed by atoms with Crippen LogP contribution >= 0.6 is 11.6 Å². The van der Waals surface area contributed by atoms with E-state index in [2.05, 4.69) is 23.4 Å². The average molecular weight is 454 g/mol. The summed E-state index contributed by atoms with van der Waals surface area (Å²) < 4.78 is 5.34. The molecular formula is C26H32ClN3O2. The number of carbonyl (C=O) groups is 1. The normalized spacial score (nSPS) is 11.1. The Morgan fingerprint density at radius 2 is 1.75 bits per heavy atom. The molecule has 0 atom stereocenters. The summed E-state index contributed by atoms with van der Waals surface area (Å²) in [5.74, 6) is -0.0306. The smallest absolute Gasteiger partial charge is 0.253 e. The fourth-order valence-electron chi connectivity index (χ4n) is 3.28. The van der Waals surface area contributed by atoms with Crippen molar-refractivity contribution in [3.8, 4) is 0 Å². The molecule has 0 fully saturated rings. The van der Waals surface area contributed by atoms with E-state index in [1.54, 1.807) is 26.1 Å². The van der Waals surface area contributed by atoms with Crippen molar-refractivity contribution in [3.05, 3.63) is 94.8 Å². The van der Waals surface area contributed by atoms with Crippen molar-refractivity contribution in [2.75, 3.05) is 39.3 Å². The first-order valence-corrected chi connectivity index (χ1v) is 10.7. The third kappa shape index (κ3) is 6.25. The maximum absolute atomic E-state index is 12.4. The number of nitrogens with one attached hydrogen (secondary N) is 1. The lowest BCUT2D eigenvalue weighted by Gasteiger charge is -2.30. The summed E-state index contributed by atoms with van der Waals surface area (Å²) in [5.41, 5.74) is 5.86. The van der Waals surface area contributed by atoms with Gasteiger partial charge in [-0.05, 0) is 55.3 Å². The van der Waals surface area contributed by atoms with Gasteiger partial charge in [-0.3, -0.25) is 4.79 Å². The average Bonchev–Trinajstić information content (AvgIpc) is 2.77. The maximum atomic E-state index is 12.4. The number of halogens is 1. The Kier molecular flexibility index (Phi) is 9.12. The van der Waals surface area contributed by atoms with Gasteiger partial charge in [0.2, 0.25) is 0 Å². The molecule has 0 heterocycles. The van der Waals surface area contributed by atoms with E-state index in [1.807, 2.05) is 62.4 Å². The standard InChI is InChI=1S/C26H32ClN3O2/c1-8-24(28-19(3)21-9-12-23(27)13-10-21)20(4)30(15-16-32-7)25-14-11-22(17-18(25)2)26(31)29(5)6/h8-14,17,28H,3-4,15-16H2,1-2,5-7H3/b24-8-. The minimum atomic E-state index is -0.0306. The lowest BCUT2D eigenvalue weighted by molar-refractivity contribution is 0.0827. The molecule has 0 aliphatic carbocycles. The first-order valence-electron chi connectivity index (χ1n) is 10.4. The number of ether oxygens (including phenoxy) is 1. The molecule has 0 unspecified atom stereocenters. The van der Waals surface area contributed by atoms with E-state index >= 15 is 0 Å². The lowest BCUT2D eigenvalue weighted by Crippen LogP contribution is -2.31. The fourth-order valence-corrected chi connectivity index (χ4v) is 3.40. The number of nitrogens with zero attached hydrogens (tertiary/aromatic N) is 2. The highest BCUT2D eigenvalue weighted by atomic mass is 35.5. The number of rotatable bonds is 10. The van der Waals surface area contributed by atoms with Crippen LogP contribution in [0.15, 0.2) is 73.1 Å². The van der Waals surface area contributed by atoms with E-state index in [0.29, 0.717) is 23.7 Å². The third-order valence-electron chi connectivity index (χ3n) is 5.06. The Morgan fingerprint density at radius 1 is 1.12 bits per heavy atom. The minimum absolute atomic E-state index is 0.0306. The molecule has 2 aromatic carbocycles. The van der Waals surface area contributed by atoms with Crippen molar-refractivity contribution in [3.63, 3.8) is 0 Å². The molecular weight excluding hydrogens is 422 g/mol. The predicted octanol–water partition coefficient (Wildman–Crippen LogP) is 5.48. The number of carbonyl (C=O) groups excluding carboxylic acids is 1. The monoisotopic (exact) mass is 453 g/mol. The van der Waals surface area contributed by atoms with Crippen molar-refractivity contribution >= 4 is 28.9 Å². The van der Waals surface area contributed by atoms with Gasteiger partial charge in [0, 0.05) is 49.7 Å². The quantitative estimate of drug-likeness (QED) is 0.484. The van der Waals surface area contributed by atoms with E-state index < -0.39 is 0 Å². The number of allylic oxidation sites excluding steroid dienone is 1. The van der Waals surface area contributed by atoms with Crippen molar-refractivity contribution in [1.82, 2.24) is 10.2 Å². The van der Waals surface area contributed by atoms with Crippen LogP contribution in [0.1, 0.15) is 28.4 Å². The van der Waals surface area contributed by atoms with Crippen LogP contribution in [0.25, 0.3) is 5.70 Å². The van der Waals surface area contributed by atoms with Crippen molar-refractivity contribution in [1.29, 1.82) is 0 Å². The van der Waals surface area contributed by atoms with Crippen molar-refractivity contribution in [2.45, 2.75) is 13.8 Å². The van der Waals surface area contributed by atoms with Gasteiger partial charge in [0.25, 0.3) is 5.91 Å². The van der Waals surface area contributed by atoms with Crippen LogP contribution in [0.2, 0.25) is 5.02 Å². The summed E-state index contributed by atoms with van der Waals surface area (Å²) >= 11 is 6.00. The number of aryl methyl sites for hydroxylation is 1. The van der Waals surface area contributed by atoms with E-state index in [4.69, 9.17) is 16.3 Å². The van der Waals surface area contributed by atoms with Gasteiger partial charge in [-0.2, -0.15) is 0 Å². The van der Waals surface area contributed by atoms with Gasteiger partial charge in [0.15, 0.2) is 0 Å². The second-order valence-electron chi connectivity index (χ2n) is 7.60. The van der Waals surface area contributed by atoms with Gasteiger partial charge in [0.1, 0.15) is 0 Å². The van der Waals surface area contributed by atoms with Gasteiger partial charge in [-0.1, -0.05) is 43.0 Å². The Labute approximate surface area is 196 Å². The van der Waals surface area contributed by atoms with Gasteiger partial charge in [-0.25, -0.2) is 0 Å². The van der Waals surface area contributed by atoms with Crippen LogP contribution in [-0.2, 0) is 4.74 Å². The number of methoxy groups -OCH3 is 1. The van der Waals surface area contributed by atoms with E-state index in [1.165, 1.54) is 0 Å². The summed E-state index contributed by atoms with van der Waals surface area (Å²) in [5, 5.41) is 4.05. The Hall–Kier alpha value is -3.02. The Balaban J connectivity index is 2.32. The number of hydrogen-bond acceptors (Lipinski definition) is 4. The largest absolute Gasteiger partial charge is 0.383 e. The third-order valence-corrected chi connectivity index (χ3v) is 5.32. The van der Waals surface area contributed by atoms with Crippen molar-refractivity contribution < 1.29 is 9.53 Å². The van der Waals surface area contributed by atoms with E-state index in [-0.39, 0.29) is 5.91 Å². The van der Waals surface area contributed by atoms with Gasteiger partial charge in [0.05, 0.1) is 18.0 Å². The molecule has 2 rings (SSSR count). The van der Waals surface area contributed by atoms with Gasteiger partial charge >= 0.3 is 0 Å². The lowest BCUT2D eigenvalue weighted by atomic mass is 10.1. The van der Waals surface area contributed by atoms with E-state index in [0.717, 1.165) is 33.9 Å². The SMILES string of the molecule is C=C(N/C(=C\C)C(=C)N(CCOC)c1ccc(C(=O)N(C)C)cc1C)c1ccc(Cl)cc1. The van der Waals surface area contributed by atoms with Crippen LogP contribution in [0.4, 0.5) is 5.69 Å². The molecule has 2 aromatic rings. The predicted molar refractivity (Wildman–Crippen MR) is 135 cm³/mol. The van der Waals surface area contributed by atoms with Crippen LogP contribution < -0.4 is 10.2 Å². The van der Waals surface area contributed by atoms with Crippen LogP contribution in [0.5, 0.6) is 0 Å². The molecule has 0 saturated heterocycles. The highest BCUT2D eigenvalue weighted by molar-refractivity contribution is 6.30. The molecule has 0 radical (unpaired) electrons. The number of benzene rings is 2. The first-order chi connectivity index (χ1) is 15.2. The number of hydrogen-bond donors (Lipinski definition) is 1. The number of amides is 1. The van der Waals surface area contributed by atoms with Gasteiger partial charge < -0.3 is 19.9 Å². The van der Waals surface area contributed by atoms with E-state index in [9.17, 15) is 4.79 Å². The summed E-state index contributed by atoms with van der Waals surface area (Å²) in [6, 6.07) is 13.2. The molecule has 1 N–H and O–H groups in total. The summed E-state index contributed by atoms with van der Waals surface area (Å²) in [6.45, 7) is 13.6. The summed E-state index contributed by atoms with van der Waals surface area (Å²) in [7, 11) is 5.16. The Bertz CT molecular complexity index is 1010. The summed E-state index contributed by atoms with van der Waals surface area (Å²) in [4.78, 5) is 16.0. The van der Waals surface area contributed by atoms with Crippen LogP contribution in [0.3, 0.4) is 0 Å². The summed E-state index contributed by atoms with van der Waals surface area (Å²) in [6.07, 6.45) is 1.96. The molecule has 0 aliphatic heterocycles. The zero-order chi connectivity index (χ0) is 23.8. The minimum Gasteiger partial charge on any atom is -0.383 e. The zero-order valence-electron chi connectivity index (χ0n) is 19.5. The highest BCUT2D eigenvalue weighted by Gasteiger charge is 2.18. The topological polar surface area (TPSA) is 44.8 Å². The second-order valence-corrected chi connectivity index (χ2v) is 8.04. The molecule has 5 nitrogen and oxygen atoms in total. The molecule has 0 spiro atoms. The molecule has 1 amide bonds. The molecule has 0 bridgehead atoms. The maximum Gasteiger partial charge on any atom is 0.253 e. The molecule has 0 saturated carbocycles. The Morgan fingerprint density at radius 3 is 2.28 bits per heavy atom. The molecule has 0 aliphatic rings. The second kappa shape index (κ2) is 11.6. The molecule has 0 aromatic heterocycles. The van der Waals surface area contributed by atoms with Crippen LogP contribution in [0, 0.1) is 6.92 Å². The fraction of sp³-hybridized carbons (Fsp3) is 0.269. The van der Waals surface area contributed by atoms with Gasteiger partial charge in [-0.15, -0.1) is 0 Å². The highest BCUT2D eigenvalue weighted by Crippen LogP contribution is 2.28. The van der Waals surface area contributed by atoms with Crippen LogP contribution in [-0.4, -0.2) is 45.2 Å². The molecule has 170 valence electrons. The number of anilines is 1. The zero-order valence-corrected chi connectivity index (χ0v) is 20.3. The molecule has 6 heteroatoms.